The Labute approximate surface area is 167 Å². The fourth-order valence-electron chi connectivity index (χ4n) is 2.27. The van der Waals surface area contributed by atoms with E-state index in [0.29, 0.717) is 28.0 Å². The van der Waals surface area contributed by atoms with Crippen LogP contribution in [0.5, 0.6) is 0 Å². The molecule has 3 aromatic rings. The summed E-state index contributed by atoms with van der Waals surface area (Å²) in [6.45, 7) is 1.92. The van der Waals surface area contributed by atoms with Crippen molar-refractivity contribution in [3.05, 3.63) is 23.8 Å². The molecule has 0 unspecified atom stereocenters. The highest BCUT2D eigenvalue weighted by Crippen LogP contribution is 2.27. The number of anilines is 2. The van der Waals surface area contributed by atoms with E-state index in [4.69, 9.17) is 15.7 Å². The number of nitrogen functional groups attached to an aromatic ring is 1. The van der Waals surface area contributed by atoms with E-state index in [1.807, 2.05) is 6.07 Å². The van der Waals surface area contributed by atoms with E-state index in [1.54, 1.807) is 25.1 Å². The average molecular weight is 417 g/mol. The summed E-state index contributed by atoms with van der Waals surface area (Å²) >= 11 is 2.38. The molecule has 0 saturated carbocycles. The standard InChI is InChI=1S/C16H15N7O3S2/c1-2-26-13(25)9-3-4-10-11(7-9)28-15(19-10)20-12(24)8-23-14(18)21-22-16(23)27-6-5-17/h3-4,7H,2,6,8H2,1H3,(H2,18,21)(H,19,20,24). The van der Waals surface area contributed by atoms with Gasteiger partial charge in [0.15, 0.2) is 10.3 Å². The molecule has 0 atom stereocenters. The Kier molecular flexibility index (Phi) is 6.07. The number of carbonyl (C=O) groups excluding carboxylic acids is 2. The SMILES string of the molecule is CCOC(=O)c1ccc2nc(NC(=O)Cn3c(N)nnc3SCC#N)sc2c1. The van der Waals surface area contributed by atoms with Crippen LogP contribution >= 0.6 is 23.1 Å². The molecular formula is C16H15N7O3S2. The van der Waals surface area contributed by atoms with Crippen molar-refractivity contribution >= 4 is 56.3 Å². The number of fused-ring (bicyclic) bond motifs is 1. The Morgan fingerprint density at radius 2 is 2.25 bits per heavy atom. The Morgan fingerprint density at radius 1 is 1.43 bits per heavy atom. The van der Waals surface area contributed by atoms with Gasteiger partial charge < -0.3 is 15.8 Å². The first kappa shape index (κ1) is 19.6. The van der Waals surface area contributed by atoms with Crippen LogP contribution in [-0.2, 0) is 16.1 Å². The number of amides is 1. The number of nitriles is 1. The molecule has 10 nitrogen and oxygen atoms in total. The summed E-state index contributed by atoms with van der Waals surface area (Å²) in [6.07, 6.45) is 0. The minimum Gasteiger partial charge on any atom is -0.462 e. The lowest BCUT2D eigenvalue weighted by Gasteiger charge is -2.06. The van der Waals surface area contributed by atoms with Crippen molar-refractivity contribution in [3.8, 4) is 6.07 Å². The molecule has 2 aromatic heterocycles. The maximum atomic E-state index is 12.4. The minimum atomic E-state index is -0.408. The lowest BCUT2D eigenvalue weighted by molar-refractivity contribution is -0.116. The zero-order valence-electron chi connectivity index (χ0n) is 14.7. The Bertz CT molecular complexity index is 1070. The van der Waals surface area contributed by atoms with Gasteiger partial charge in [-0.25, -0.2) is 9.78 Å². The van der Waals surface area contributed by atoms with E-state index < -0.39 is 5.97 Å². The fraction of sp³-hybridized carbons (Fsp3) is 0.250. The number of aromatic nitrogens is 4. The lowest BCUT2D eigenvalue weighted by atomic mass is 10.2. The molecule has 0 radical (unpaired) electrons. The van der Waals surface area contributed by atoms with Gasteiger partial charge >= 0.3 is 5.97 Å². The number of carbonyl (C=O) groups is 2. The number of thiazole rings is 1. The number of hydrogen-bond donors (Lipinski definition) is 2. The molecule has 28 heavy (non-hydrogen) atoms. The zero-order valence-corrected chi connectivity index (χ0v) is 16.3. The topological polar surface area (TPSA) is 149 Å². The molecule has 0 fully saturated rings. The van der Waals surface area contributed by atoms with Crippen molar-refractivity contribution in [2.75, 3.05) is 23.4 Å². The van der Waals surface area contributed by atoms with Crippen LogP contribution in [-0.4, -0.2) is 44.0 Å². The number of nitrogens with one attached hydrogen (secondary N) is 1. The van der Waals surface area contributed by atoms with Gasteiger partial charge in [-0.1, -0.05) is 23.1 Å². The second-order valence-corrected chi connectivity index (χ2v) is 7.32. The van der Waals surface area contributed by atoms with Crippen molar-refractivity contribution in [3.63, 3.8) is 0 Å². The number of esters is 1. The highest BCUT2D eigenvalue weighted by Gasteiger charge is 2.16. The molecule has 12 heteroatoms. The Morgan fingerprint density at radius 3 is 3.00 bits per heavy atom. The van der Waals surface area contributed by atoms with Crippen LogP contribution in [0.2, 0.25) is 0 Å². The van der Waals surface area contributed by atoms with Crippen LogP contribution in [0.15, 0.2) is 23.4 Å². The molecule has 0 aliphatic heterocycles. The summed E-state index contributed by atoms with van der Waals surface area (Å²) < 4.78 is 7.15. The summed E-state index contributed by atoms with van der Waals surface area (Å²) in [6, 6.07) is 6.98. The van der Waals surface area contributed by atoms with Crippen LogP contribution in [0.3, 0.4) is 0 Å². The van der Waals surface area contributed by atoms with Gasteiger partial charge in [0.05, 0.1) is 34.2 Å². The third-order valence-electron chi connectivity index (χ3n) is 3.46. The molecule has 3 N–H and O–H groups in total. The second kappa shape index (κ2) is 8.68. The second-order valence-electron chi connectivity index (χ2n) is 5.34. The summed E-state index contributed by atoms with van der Waals surface area (Å²) in [7, 11) is 0. The van der Waals surface area contributed by atoms with Gasteiger partial charge in [-0.05, 0) is 25.1 Å². The third-order valence-corrected chi connectivity index (χ3v) is 5.23. The van der Waals surface area contributed by atoms with Crippen molar-refractivity contribution in [2.45, 2.75) is 18.6 Å². The number of thioether (sulfide) groups is 1. The predicted octanol–water partition coefficient (Wildman–Crippen LogP) is 1.90. The first-order chi connectivity index (χ1) is 13.5. The fourth-order valence-corrected chi connectivity index (χ4v) is 3.80. The molecule has 0 spiro atoms. The van der Waals surface area contributed by atoms with Crippen molar-refractivity contribution < 1.29 is 14.3 Å². The summed E-state index contributed by atoms with van der Waals surface area (Å²) in [5.41, 5.74) is 6.82. The maximum Gasteiger partial charge on any atom is 0.338 e. The number of ether oxygens (including phenoxy) is 1. The molecule has 0 saturated heterocycles. The van der Waals surface area contributed by atoms with Gasteiger partial charge in [0.1, 0.15) is 6.54 Å². The number of rotatable bonds is 7. The molecular weight excluding hydrogens is 402 g/mol. The minimum absolute atomic E-state index is 0.0824. The first-order valence-corrected chi connectivity index (χ1v) is 9.88. The number of nitrogens with zero attached hydrogens (tertiary/aromatic N) is 5. The zero-order chi connectivity index (χ0) is 20.1. The summed E-state index contributed by atoms with van der Waals surface area (Å²) in [4.78, 5) is 28.5. The number of nitrogens with two attached hydrogens (primary N) is 1. The smallest absolute Gasteiger partial charge is 0.338 e. The molecule has 3 rings (SSSR count). The quantitative estimate of drug-likeness (QED) is 0.434. The molecule has 0 aliphatic carbocycles. The molecule has 144 valence electrons. The summed E-state index contributed by atoms with van der Waals surface area (Å²) in [5.74, 6) is -0.525. The third kappa shape index (κ3) is 4.38. The predicted molar refractivity (Wildman–Crippen MR) is 105 cm³/mol. The molecule has 2 heterocycles. The van der Waals surface area contributed by atoms with Crippen LogP contribution in [0, 0.1) is 11.3 Å². The normalized spacial score (nSPS) is 10.6. The van der Waals surface area contributed by atoms with Crippen LogP contribution < -0.4 is 11.1 Å². The molecule has 0 bridgehead atoms. The van der Waals surface area contributed by atoms with E-state index in [-0.39, 0.29) is 24.2 Å². The van der Waals surface area contributed by atoms with E-state index in [2.05, 4.69) is 20.5 Å². The highest BCUT2D eigenvalue weighted by atomic mass is 32.2. The largest absolute Gasteiger partial charge is 0.462 e. The monoisotopic (exact) mass is 417 g/mol. The van der Waals surface area contributed by atoms with Gasteiger partial charge in [0.2, 0.25) is 11.9 Å². The van der Waals surface area contributed by atoms with E-state index in [0.717, 1.165) is 16.5 Å². The van der Waals surface area contributed by atoms with Crippen LogP contribution in [0.25, 0.3) is 10.2 Å². The van der Waals surface area contributed by atoms with Crippen LogP contribution in [0.1, 0.15) is 17.3 Å². The maximum absolute atomic E-state index is 12.4. The van der Waals surface area contributed by atoms with Crippen molar-refractivity contribution in [1.82, 2.24) is 19.7 Å². The van der Waals surface area contributed by atoms with Gasteiger partial charge in [0, 0.05) is 0 Å². The first-order valence-electron chi connectivity index (χ1n) is 8.07. The van der Waals surface area contributed by atoms with Gasteiger partial charge in [-0.15, -0.1) is 10.2 Å². The van der Waals surface area contributed by atoms with Crippen LogP contribution in [0.4, 0.5) is 11.1 Å². The van der Waals surface area contributed by atoms with Crippen molar-refractivity contribution in [1.29, 1.82) is 5.26 Å². The lowest BCUT2D eigenvalue weighted by Crippen LogP contribution is -2.20. The van der Waals surface area contributed by atoms with E-state index in [9.17, 15) is 9.59 Å². The summed E-state index contributed by atoms with van der Waals surface area (Å²) in [5, 5.41) is 19.7. The Hall–Kier alpha value is -3.17. The number of benzene rings is 1. The van der Waals surface area contributed by atoms with E-state index in [1.165, 1.54) is 15.9 Å². The molecule has 0 aliphatic rings. The molecule has 1 amide bonds. The average Bonchev–Trinajstić information content (AvgIpc) is 3.22. The van der Waals surface area contributed by atoms with Gasteiger partial charge in [0.25, 0.3) is 0 Å². The van der Waals surface area contributed by atoms with Crippen molar-refractivity contribution in [2.24, 2.45) is 0 Å². The van der Waals surface area contributed by atoms with Gasteiger partial charge in [-0.3, -0.25) is 9.36 Å². The molecule has 1 aromatic carbocycles. The number of hydrogen-bond acceptors (Lipinski definition) is 10. The Balaban J connectivity index is 1.72. The highest BCUT2D eigenvalue weighted by molar-refractivity contribution is 7.99. The van der Waals surface area contributed by atoms with Gasteiger partial charge in [-0.2, -0.15) is 5.26 Å². The van der Waals surface area contributed by atoms with E-state index >= 15 is 0 Å².